The van der Waals surface area contributed by atoms with Crippen LogP contribution in [-0.2, 0) is 29.0 Å². The van der Waals surface area contributed by atoms with Crippen molar-refractivity contribution in [2.24, 2.45) is 22.7 Å². The summed E-state index contributed by atoms with van der Waals surface area (Å²) in [4.78, 5) is 70.1. The molecule has 13 heteroatoms. The molecular weight excluding hydrogens is 671 g/mol. The second kappa shape index (κ2) is 15.3. The number of carbonyl (C=O) groups excluding carboxylic acids is 5. The summed E-state index contributed by atoms with van der Waals surface area (Å²) in [6.45, 7) is 15.0. The Labute approximate surface area is 304 Å². The summed E-state index contributed by atoms with van der Waals surface area (Å²) in [7, 11) is -3.58. The van der Waals surface area contributed by atoms with Crippen LogP contribution in [0.3, 0.4) is 0 Å². The lowest BCUT2D eigenvalue weighted by Gasteiger charge is -2.42. The number of piperidine rings is 1. The molecule has 4 rings (SSSR count). The molecule has 5 atom stereocenters. The lowest BCUT2D eigenvalue weighted by Crippen LogP contribution is -2.64. The highest BCUT2D eigenvalue weighted by molar-refractivity contribution is 7.92. The van der Waals surface area contributed by atoms with E-state index in [0.717, 1.165) is 32.1 Å². The van der Waals surface area contributed by atoms with Crippen LogP contribution in [0.5, 0.6) is 0 Å². The first kappa shape index (κ1) is 40.4. The molecule has 0 aromatic carbocycles. The highest BCUT2D eigenvalue weighted by Gasteiger charge is 2.70. The Morgan fingerprint density at radius 1 is 0.980 bits per heavy atom. The molecule has 1 saturated heterocycles. The molecule has 4 N–H and O–H groups in total. The number of carbonyl (C=O) groups is 5. The van der Waals surface area contributed by atoms with Gasteiger partial charge in [0.2, 0.25) is 17.6 Å². The van der Waals surface area contributed by atoms with Gasteiger partial charge in [0.05, 0.1) is 22.1 Å². The van der Waals surface area contributed by atoms with Crippen LogP contribution in [0.4, 0.5) is 4.79 Å². The first-order valence-electron chi connectivity index (χ1n) is 18.5. The van der Waals surface area contributed by atoms with Gasteiger partial charge in [0, 0.05) is 19.5 Å². The molecule has 1 aliphatic heterocycles. The maximum absolute atomic E-state index is 14.8. The summed E-state index contributed by atoms with van der Waals surface area (Å²) in [5, 5.41) is 11.3. The largest absolute Gasteiger partial charge is 0.346 e. The van der Waals surface area contributed by atoms with E-state index in [1.807, 2.05) is 20.8 Å². The van der Waals surface area contributed by atoms with Crippen LogP contribution < -0.4 is 21.3 Å². The molecule has 0 bridgehead atoms. The van der Waals surface area contributed by atoms with Gasteiger partial charge in [-0.25, -0.2) is 13.2 Å². The molecule has 0 aromatic heterocycles. The molecular formula is C38H59N5O7S. The maximum atomic E-state index is 14.8. The standard InChI is InChI=1S/C38H59N5O7S/c1-9-11-17-26(29(44)32(46)39-22-10-2)40-31(45)28-27-25(36(27,6)7)23-43(28)33(47)30(37(8)18-15-16-19-37)41-34(48)42-38(20-13-12-14-21-38)24-51(49,50)35(3,4)5/h1,10,25-28,30H,2,11-24H2,3-8H3,(H,39,46)(H,40,45)(H2,41,42,48)/t25?,26?,27-,28-,30+/m0/s1. The minimum absolute atomic E-state index is 0.0342. The Balaban J connectivity index is 1.60. The number of nitrogens with zero attached hydrogens (tertiary/aromatic N) is 1. The average Bonchev–Trinajstić information content (AvgIpc) is 3.42. The summed E-state index contributed by atoms with van der Waals surface area (Å²) in [6, 6.07) is -3.67. The van der Waals surface area contributed by atoms with Crippen LogP contribution in [0.25, 0.3) is 0 Å². The van der Waals surface area contributed by atoms with Crippen molar-refractivity contribution < 1.29 is 32.4 Å². The third-order valence-corrected chi connectivity index (χ3v) is 15.0. The lowest BCUT2D eigenvalue weighted by atomic mass is 9.79. The summed E-state index contributed by atoms with van der Waals surface area (Å²) in [5.74, 6) is -0.495. The zero-order valence-corrected chi connectivity index (χ0v) is 32.2. The van der Waals surface area contributed by atoms with Crippen LogP contribution in [0.1, 0.15) is 112 Å². The highest BCUT2D eigenvalue weighted by atomic mass is 32.2. The summed E-state index contributed by atoms with van der Waals surface area (Å²) < 4.78 is 25.8. The van der Waals surface area contributed by atoms with Gasteiger partial charge < -0.3 is 26.2 Å². The van der Waals surface area contributed by atoms with Crippen molar-refractivity contribution in [3.63, 3.8) is 0 Å². The van der Waals surface area contributed by atoms with E-state index in [0.29, 0.717) is 32.2 Å². The second-order valence-corrected chi connectivity index (χ2v) is 19.9. The van der Waals surface area contributed by atoms with Gasteiger partial charge in [0.25, 0.3) is 5.91 Å². The van der Waals surface area contributed by atoms with Crippen molar-refractivity contribution in [2.45, 2.75) is 141 Å². The SMILES string of the molecule is C#CCCC(NC(=O)[C@@H]1[C@@H]2C(CN1C(=O)[C@@H](NC(=O)NC1(CS(=O)(=O)C(C)(C)C)CCCCC1)C1(C)CCCC1)C2(C)C)C(=O)C(=O)NCC=C. The van der Waals surface area contributed by atoms with E-state index in [9.17, 15) is 32.4 Å². The van der Waals surface area contributed by atoms with Crippen molar-refractivity contribution in [3.8, 4) is 12.3 Å². The molecule has 0 aromatic rings. The van der Waals surface area contributed by atoms with Gasteiger partial charge in [-0.15, -0.1) is 18.9 Å². The quantitative estimate of drug-likeness (QED) is 0.121. The Morgan fingerprint density at radius 3 is 2.16 bits per heavy atom. The van der Waals surface area contributed by atoms with Crippen molar-refractivity contribution >= 4 is 39.4 Å². The first-order chi connectivity index (χ1) is 23.7. The number of hydrogen-bond acceptors (Lipinski definition) is 7. The molecule has 12 nitrogen and oxygen atoms in total. The number of Topliss-reactive ketones (excluding diaryl/α,β-unsaturated/α-hetero) is 1. The lowest BCUT2D eigenvalue weighted by molar-refractivity contribution is -0.145. The molecule has 4 aliphatic rings. The third kappa shape index (κ3) is 8.64. The zero-order chi connectivity index (χ0) is 38.0. The molecule has 4 fully saturated rings. The molecule has 5 amide bonds. The minimum Gasteiger partial charge on any atom is -0.346 e. The van der Waals surface area contributed by atoms with Gasteiger partial charge in [0.15, 0.2) is 9.84 Å². The smallest absolute Gasteiger partial charge is 0.315 e. The van der Waals surface area contributed by atoms with E-state index in [-0.39, 0.29) is 48.3 Å². The number of hydrogen-bond donors (Lipinski definition) is 4. The molecule has 284 valence electrons. The van der Waals surface area contributed by atoms with Gasteiger partial charge in [0.1, 0.15) is 12.1 Å². The predicted molar refractivity (Wildman–Crippen MR) is 196 cm³/mol. The molecule has 3 saturated carbocycles. The highest BCUT2D eigenvalue weighted by Crippen LogP contribution is 2.65. The van der Waals surface area contributed by atoms with Gasteiger partial charge >= 0.3 is 6.03 Å². The van der Waals surface area contributed by atoms with Gasteiger partial charge in [-0.2, -0.15) is 0 Å². The Bertz CT molecular complexity index is 1530. The number of rotatable bonds is 14. The van der Waals surface area contributed by atoms with Gasteiger partial charge in [-0.1, -0.05) is 59.0 Å². The number of likely N-dealkylation sites (tertiary alicyclic amines) is 1. The topological polar surface area (TPSA) is 171 Å². The minimum atomic E-state index is -3.58. The monoisotopic (exact) mass is 729 g/mol. The second-order valence-electron chi connectivity index (χ2n) is 17.2. The predicted octanol–water partition coefficient (Wildman–Crippen LogP) is 3.40. The third-order valence-electron chi connectivity index (χ3n) is 12.2. The van der Waals surface area contributed by atoms with E-state index in [1.165, 1.54) is 6.08 Å². The fraction of sp³-hybridized carbons (Fsp3) is 0.763. The van der Waals surface area contributed by atoms with E-state index in [1.54, 1.807) is 25.7 Å². The maximum Gasteiger partial charge on any atom is 0.315 e. The number of ketones is 1. The van der Waals surface area contributed by atoms with Crippen molar-refractivity contribution in [2.75, 3.05) is 18.8 Å². The number of terminal acetylenes is 1. The van der Waals surface area contributed by atoms with E-state index >= 15 is 0 Å². The normalized spacial score (nSPS) is 25.7. The first-order valence-corrected chi connectivity index (χ1v) is 20.2. The van der Waals surface area contributed by atoms with Crippen LogP contribution in [-0.4, -0.2) is 90.1 Å². The number of amides is 5. The molecule has 1 heterocycles. The molecule has 0 spiro atoms. The van der Waals surface area contributed by atoms with Crippen LogP contribution in [0, 0.1) is 35.0 Å². The fourth-order valence-corrected chi connectivity index (χ4v) is 10.2. The summed E-state index contributed by atoms with van der Waals surface area (Å²) in [6.07, 6.45) is 13.8. The number of nitrogens with one attached hydrogen (secondary N) is 4. The van der Waals surface area contributed by atoms with Crippen molar-refractivity contribution in [1.29, 1.82) is 0 Å². The number of sulfone groups is 1. The zero-order valence-electron chi connectivity index (χ0n) is 31.4. The number of urea groups is 1. The molecule has 3 aliphatic carbocycles. The molecule has 51 heavy (non-hydrogen) atoms. The Hall–Kier alpha value is -3.40. The van der Waals surface area contributed by atoms with E-state index < -0.39 is 67.3 Å². The van der Waals surface area contributed by atoms with E-state index in [4.69, 9.17) is 6.42 Å². The van der Waals surface area contributed by atoms with Gasteiger partial charge in [-0.3, -0.25) is 19.2 Å². The average molecular weight is 730 g/mol. The molecule has 2 unspecified atom stereocenters. The molecule has 0 radical (unpaired) electrons. The fourth-order valence-electron chi connectivity index (χ4n) is 8.67. The Morgan fingerprint density at radius 2 is 1.59 bits per heavy atom. The van der Waals surface area contributed by atoms with Crippen molar-refractivity contribution in [1.82, 2.24) is 26.2 Å². The van der Waals surface area contributed by atoms with Gasteiger partial charge in [-0.05, 0) is 75.5 Å². The summed E-state index contributed by atoms with van der Waals surface area (Å²) >= 11 is 0. The Kier molecular flexibility index (Phi) is 12.1. The van der Waals surface area contributed by atoms with Crippen molar-refractivity contribution in [3.05, 3.63) is 12.7 Å². The van der Waals surface area contributed by atoms with Crippen LogP contribution >= 0.6 is 0 Å². The van der Waals surface area contributed by atoms with E-state index in [2.05, 4.69) is 33.8 Å². The summed E-state index contributed by atoms with van der Waals surface area (Å²) in [5.41, 5.74) is -1.79. The van der Waals surface area contributed by atoms with Crippen LogP contribution in [0.15, 0.2) is 12.7 Å². The van der Waals surface area contributed by atoms with Crippen LogP contribution in [0.2, 0.25) is 0 Å². The number of fused-ring (bicyclic) bond motifs is 1.